The van der Waals surface area contributed by atoms with Gasteiger partial charge in [0, 0.05) is 35.1 Å². The van der Waals surface area contributed by atoms with Crippen LogP contribution in [0.3, 0.4) is 0 Å². The summed E-state index contributed by atoms with van der Waals surface area (Å²) in [6.07, 6.45) is -3.45. The predicted molar refractivity (Wildman–Crippen MR) is 186 cm³/mol. The first kappa shape index (κ1) is 38.0. The van der Waals surface area contributed by atoms with Crippen LogP contribution < -0.4 is 9.62 Å². The molecule has 0 aliphatic rings. The van der Waals surface area contributed by atoms with Crippen LogP contribution in [-0.4, -0.2) is 44.3 Å². The van der Waals surface area contributed by atoms with E-state index in [0.29, 0.717) is 34.5 Å². The Kier molecular flexibility index (Phi) is 13.0. The molecule has 1 unspecified atom stereocenters. The third kappa shape index (κ3) is 9.69. The number of amides is 2. The van der Waals surface area contributed by atoms with E-state index in [-0.39, 0.29) is 27.9 Å². The van der Waals surface area contributed by atoms with Crippen molar-refractivity contribution in [3.8, 4) is 0 Å². The third-order valence-electron chi connectivity index (χ3n) is 7.64. The van der Waals surface area contributed by atoms with Crippen LogP contribution in [0.5, 0.6) is 0 Å². The minimum atomic E-state index is -4.93. The maximum Gasteiger partial charge on any atom is 0.417 e. The molecule has 2 amide bonds. The number of sulfonamides is 1. The molecular weight excluding hydrogens is 722 g/mol. The quantitative estimate of drug-likeness (QED) is 0.131. The lowest BCUT2D eigenvalue weighted by atomic mass is 10.0. The summed E-state index contributed by atoms with van der Waals surface area (Å²) in [7, 11) is -4.65. The molecule has 4 rings (SSSR count). The van der Waals surface area contributed by atoms with Gasteiger partial charge < -0.3 is 10.2 Å². The summed E-state index contributed by atoms with van der Waals surface area (Å²) in [5.41, 5.74) is -0.759. The third-order valence-corrected chi connectivity index (χ3v) is 10.5. The van der Waals surface area contributed by atoms with Crippen LogP contribution in [0.2, 0.25) is 15.1 Å². The van der Waals surface area contributed by atoms with Crippen LogP contribution in [-0.2, 0) is 38.8 Å². The average molecular weight is 755 g/mol. The van der Waals surface area contributed by atoms with Crippen LogP contribution in [0.15, 0.2) is 102 Å². The molecule has 0 aromatic heterocycles. The Labute approximate surface area is 298 Å². The van der Waals surface area contributed by atoms with Gasteiger partial charge in [-0.05, 0) is 54.4 Å². The molecule has 49 heavy (non-hydrogen) atoms. The van der Waals surface area contributed by atoms with E-state index >= 15 is 0 Å². The van der Waals surface area contributed by atoms with Gasteiger partial charge in [-0.2, -0.15) is 13.2 Å². The molecule has 0 fully saturated rings. The number of alkyl halides is 3. The van der Waals surface area contributed by atoms with Crippen molar-refractivity contribution in [2.75, 3.05) is 17.4 Å². The lowest BCUT2D eigenvalue weighted by molar-refractivity contribution is -0.140. The number of carbonyl (C=O) groups excluding carboxylic acids is 2. The van der Waals surface area contributed by atoms with Gasteiger partial charge in [0.25, 0.3) is 10.0 Å². The molecule has 0 aliphatic heterocycles. The Balaban J connectivity index is 1.87. The number of halogens is 6. The highest BCUT2D eigenvalue weighted by atomic mass is 35.5. The van der Waals surface area contributed by atoms with Gasteiger partial charge in [0.05, 0.1) is 21.2 Å². The average Bonchev–Trinajstić information content (AvgIpc) is 3.07. The molecule has 1 atom stereocenters. The minimum Gasteiger partial charge on any atom is -0.354 e. The fraction of sp³-hybridized carbons (Fsp3) is 0.257. The fourth-order valence-electron chi connectivity index (χ4n) is 5.05. The van der Waals surface area contributed by atoms with Crippen LogP contribution in [0.4, 0.5) is 18.9 Å². The normalized spacial score (nSPS) is 12.3. The van der Waals surface area contributed by atoms with E-state index < -0.39 is 56.9 Å². The number of benzene rings is 4. The van der Waals surface area contributed by atoms with Crippen molar-refractivity contribution in [1.82, 2.24) is 10.2 Å². The molecule has 0 saturated heterocycles. The maximum atomic E-state index is 14.6. The SMILES string of the molecule is CCCCNC(=O)C(Cc1ccccc1)N(Cc1c(Cl)cccc1Cl)C(=O)CN(c1ccc(Cl)c(C(F)(F)F)c1)S(=O)(=O)c1ccccc1. The van der Waals surface area contributed by atoms with Gasteiger partial charge in [-0.15, -0.1) is 0 Å². The number of nitrogens with zero attached hydrogens (tertiary/aromatic N) is 2. The first-order valence-corrected chi connectivity index (χ1v) is 17.8. The van der Waals surface area contributed by atoms with E-state index in [1.165, 1.54) is 24.3 Å². The number of carbonyl (C=O) groups is 2. The van der Waals surface area contributed by atoms with Crippen LogP contribution >= 0.6 is 34.8 Å². The first-order chi connectivity index (χ1) is 23.2. The Hall–Kier alpha value is -3.77. The standard InChI is InChI=1S/C35H33Cl3F3N3O4S/c1-2-3-19-42-34(46)32(20-24-11-6-4-7-12-24)43(22-27-29(36)15-10-16-30(27)37)33(45)23-44(49(47,48)26-13-8-5-9-14-26)25-17-18-31(38)28(21-25)35(39,40)41/h4-18,21,32H,2-3,19-20,22-23H2,1H3,(H,42,46). The zero-order valence-corrected chi connectivity index (χ0v) is 29.3. The summed E-state index contributed by atoms with van der Waals surface area (Å²) in [5.74, 6) is -1.41. The number of anilines is 1. The summed E-state index contributed by atoms with van der Waals surface area (Å²) in [6.45, 7) is 0.968. The molecule has 0 spiro atoms. The summed E-state index contributed by atoms with van der Waals surface area (Å²) >= 11 is 18.9. The smallest absolute Gasteiger partial charge is 0.354 e. The van der Waals surface area contributed by atoms with Crippen molar-refractivity contribution < 1.29 is 31.2 Å². The van der Waals surface area contributed by atoms with Crippen molar-refractivity contribution in [2.45, 2.75) is 49.8 Å². The predicted octanol–water partition coefficient (Wildman–Crippen LogP) is 8.42. The molecule has 0 radical (unpaired) electrons. The number of unbranched alkanes of at least 4 members (excludes halogenated alkanes) is 1. The zero-order valence-electron chi connectivity index (χ0n) is 26.3. The van der Waals surface area contributed by atoms with Crippen LogP contribution in [0.25, 0.3) is 0 Å². The summed E-state index contributed by atoms with van der Waals surface area (Å²) in [5, 5.41) is 2.59. The minimum absolute atomic E-state index is 0.0250. The molecule has 0 heterocycles. The van der Waals surface area contributed by atoms with Gasteiger partial charge in [0.1, 0.15) is 12.6 Å². The van der Waals surface area contributed by atoms with E-state index in [1.807, 2.05) is 6.92 Å². The molecule has 4 aromatic carbocycles. The Bertz CT molecular complexity index is 1840. The number of rotatable bonds is 14. The molecule has 4 aromatic rings. The second kappa shape index (κ2) is 16.8. The lowest BCUT2D eigenvalue weighted by Crippen LogP contribution is -2.53. The van der Waals surface area contributed by atoms with Crippen molar-refractivity contribution in [3.05, 3.63) is 129 Å². The highest BCUT2D eigenvalue weighted by Gasteiger charge is 2.38. The van der Waals surface area contributed by atoms with Gasteiger partial charge in [-0.25, -0.2) is 8.42 Å². The monoisotopic (exact) mass is 753 g/mol. The number of hydrogen-bond acceptors (Lipinski definition) is 4. The van der Waals surface area contributed by atoms with E-state index in [1.54, 1.807) is 54.6 Å². The van der Waals surface area contributed by atoms with E-state index in [9.17, 15) is 31.2 Å². The van der Waals surface area contributed by atoms with Gasteiger partial charge >= 0.3 is 6.18 Å². The molecule has 7 nitrogen and oxygen atoms in total. The van der Waals surface area contributed by atoms with Gasteiger partial charge in [0.2, 0.25) is 11.8 Å². The Morgan fingerprint density at radius 2 is 1.45 bits per heavy atom. The second-order valence-electron chi connectivity index (χ2n) is 11.1. The molecule has 0 aliphatic carbocycles. The topological polar surface area (TPSA) is 86.8 Å². The molecule has 260 valence electrons. The second-order valence-corrected chi connectivity index (χ2v) is 14.1. The Morgan fingerprint density at radius 1 is 0.837 bits per heavy atom. The largest absolute Gasteiger partial charge is 0.417 e. The van der Waals surface area contributed by atoms with Crippen molar-refractivity contribution in [2.24, 2.45) is 0 Å². The van der Waals surface area contributed by atoms with Crippen molar-refractivity contribution in [1.29, 1.82) is 0 Å². The van der Waals surface area contributed by atoms with E-state index in [4.69, 9.17) is 34.8 Å². The summed E-state index contributed by atoms with van der Waals surface area (Å²) in [4.78, 5) is 29.3. The summed E-state index contributed by atoms with van der Waals surface area (Å²) < 4.78 is 70.6. The van der Waals surface area contributed by atoms with Crippen LogP contribution in [0.1, 0.15) is 36.5 Å². The van der Waals surface area contributed by atoms with Gasteiger partial charge in [0.15, 0.2) is 0 Å². The highest BCUT2D eigenvalue weighted by molar-refractivity contribution is 7.92. The van der Waals surface area contributed by atoms with E-state index in [2.05, 4.69) is 5.32 Å². The highest BCUT2D eigenvalue weighted by Crippen LogP contribution is 2.38. The maximum absolute atomic E-state index is 14.6. The zero-order chi connectivity index (χ0) is 35.8. The lowest BCUT2D eigenvalue weighted by Gasteiger charge is -2.34. The van der Waals surface area contributed by atoms with Crippen LogP contribution in [0, 0.1) is 0 Å². The van der Waals surface area contributed by atoms with E-state index in [0.717, 1.165) is 23.5 Å². The molecule has 14 heteroatoms. The van der Waals surface area contributed by atoms with Crippen molar-refractivity contribution >= 4 is 62.3 Å². The van der Waals surface area contributed by atoms with Gasteiger partial charge in [-0.3, -0.25) is 13.9 Å². The molecular formula is C35H33Cl3F3N3O4S. The number of nitrogens with one attached hydrogen (secondary N) is 1. The van der Waals surface area contributed by atoms with Crippen molar-refractivity contribution in [3.63, 3.8) is 0 Å². The number of hydrogen-bond donors (Lipinski definition) is 1. The molecule has 1 N–H and O–H groups in total. The molecule has 0 bridgehead atoms. The summed E-state index contributed by atoms with van der Waals surface area (Å²) in [6, 6.07) is 21.9. The first-order valence-electron chi connectivity index (χ1n) is 15.2. The molecule has 0 saturated carbocycles. The Morgan fingerprint density at radius 3 is 2.04 bits per heavy atom. The fourth-order valence-corrected chi connectivity index (χ4v) is 7.22. The van der Waals surface area contributed by atoms with Gasteiger partial charge in [-0.1, -0.05) is 103 Å².